The van der Waals surface area contributed by atoms with Crippen molar-refractivity contribution in [3.8, 4) is 0 Å². The first-order valence-electron chi connectivity index (χ1n) is 6.91. The molecule has 0 fully saturated rings. The van der Waals surface area contributed by atoms with Gasteiger partial charge in [0.05, 0.1) is 11.4 Å². The molecule has 1 heterocycles. The Hall–Kier alpha value is -1.76. The molecule has 3 rings (SSSR count). The van der Waals surface area contributed by atoms with Crippen LogP contribution in [0.1, 0.15) is 4.88 Å². The van der Waals surface area contributed by atoms with E-state index in [1.165, 1.54) is 23.5 Å². The van der Waals surface area contributed by atoms with Crippen LogP contribution in [0.5, 0.6) is 0 Å². The van der Waals surface area contributed by atoms with Gasteiger partial charge in [-0.3, -0.25) is 9.11 Å². The number of fused-ring (bicyclic) bond motifs is 1. The summed E-state index contributed by atoms with van der Waals surface area (Å²) < 4.78 is 64.9. The fourth-order valence-corrected chi connectivity index (χ4v) is 4.61. The Morgan fingerprint density at radius 2 is 1.81 bits per heavy atom. The Morgan fingerprint density at radius 1 is 1.08 bits per heavy atom. The minimum absolute atomic E-state index is 0.117. The van der Waals surface area contributed by atoms with E-state index in [1.54, 1.807) is 12.3 Å². The molecule has 3 aromatic rings. The van der Waals surface area contributed by atoms with Gasteiger partial charge in [0, 0.05) is 22.1 Å². The summed E-state index contributed by atoms with van der Waals surface area (Å²) in [4.78, 5) is 3.53. The fraction of sp³-hybridized carbons (Fsp3) is 0.0714. The van der Waals surface area contributed by atoms with Crippen LogP contribution in [-0.4, -0.2) is 30.9 Å². The normalized spacial score (nSPS) is 12.4. The van der Waals surface area contributed by atoms with E-state index < -0.39 is 30.0 Å². The molecule has 0 bridgehead atoms. The largest absolute Gasteiger partial charge is 0.380 e. The maximum atomic E-state index is 11.6. The Kier molecular flexibility index (Phi) is 4.94. The molecule has 0 atom stereocenters. The molecule has 0 radical (unpaired) electrons. The first-order valence-corrected chi connectivity index (χ1v) is 11.0. The SMILES string of the molecule is O=S(=O)(O)c1cc(S(=O)(=O)O)c2ccc(NCc3cnc(Cl)s3)cc2c1. The fourth-order valence-electron chi connectivity index (χ4n) is 2.34. The predicted octanol–water partition coefficient (Wildman–Crippen LogP) is 3.06. The van der Waals surface area contributed by atoms with Crippen LogP contribution in [0.2, 0.25) is 4.47 Å². The maximum Gasteiger partial charge on any atom is 0.295 e. The molecule has 0 saturated heterocycles. The van der Waals surface area contributed by atoms with Crippen LogP contribution in [-0.2, 0) is 26.8 Å². The summed E-state index contributed by atoms with van der Waals surface area (Å²) in [5, 5.41) is 3.40. The first kappa shape index (κ1) is 19.0. The molecule has 26 heavy (non-hydrogen) atoms. The Morgan fingerprint density at radius 3 is 2.38 bits per heavy atom. The highest BCUT2D eigenvalue weighted by Crippen LogP contribution is 2.30. The molecule has 0 aliphatic heterocycles. The van der Waals surface area contributed by atoms with Crippen molar-refractivity contribution in [3.63, 3.8) is 0 Å². The molecule has 8 nitrogen and oxygen atoms in total. The second kappa shape index (κ2) is 6.76. The van der Waals surface area contributed by atoms with Gasteiger partial charge < -0.3 is 5.32 Å². The number of benzene rings is 2. The molecule has 138 valence electrons. The Balaban J connectivity index is 2.07. The van der Waals surface area contributed by atoms with E-state index in [-0.39, 0.29) is 10.8 Å². The van der Waals surface area contributed by atoms with Crippen molar-refractivity contribution in [2.75, 3.05) is 5.32 Å². The lowest BCUT2D eigenvalue weighted by Crippen LogP contribution is -2.05. The van der Waals surface area contributed by atoms with Crippen LogP contribution in [0.3, 0.4) is 0 Å². The summed E-state index contributed by atoms with van der Waals surface area (Å²) >= 11 is 7.05. The van der Waals surface area contributed by atoms with Crippen molar-refractivity contribution in [2.45, 2.75) is 16.3 Å². The van der Waals surface area contributed by atoms with E-state index in [0.717, 1.165) is 10.9 Å². The Labute approximate surface area is 158 Å². The zero-order valence-corrected chi connectivity index (χ0v) is 16.0. The van der Waals surface area contributed by atoms with Crippen LogP contribution in [0.15, 0.2) is 46.3 Å². The molecule has 0 saturated carbocycles. The van der Waals surface area contributed by atoms with E-state index in [0.29, 0.717) is 22.8 Å². The van der Waals surface area contributed by atoms with Crippen molar-refractivity contribution in [2.24, 2.45) is 0 Å². The quantitative estimate of drug-likeness (QED) is 0.521. The van der Waals surface area contributed by atoms with Gasteiger partial charge >= 0.3 is 0 Å². The number of nitrogens with zero attached hydrogens (tertiary/aromatic N) is 1. The van der Waals surface area contributed by atoms with Gasteiger partial charge in [-0.25, -0.2) is 4.98 Å². The van der Waals surface area contributed by atoms with Crippen LogP contribution in [0, 0.1) is 0 Å². The molecule has 3 N–H and O–H groups in total. The molecule has 0 aliphatic carbocycles. The highest BCUT2D eigenvalue weighted by atomic mass is 35.5. The molecule has 1 aromatic heterocycles. The zero-order chi connectivity index (χ0) is 19.1. The van der Waals surface area contributed by atoms with E-state index in [2.05, 4.69) is 10.3 Å². The number of hydrogen-bond donors (Lipinski definition) is 3. The van der Waals surface area contributed by atoms with Gasteiger partial charge in [-0.1, -0.05) is 17.7 Å². The molecular weight excluding hydrogens is 424 g/mol. The second-order valence-corrected chi connectivity index (χ2v) is 9.75. The number of hydrogen-bond acceptors (Lipinski definition) is 7. The van der Waals surface area contributed by atoms with Crippen LogP contribution >= 0.6 is 22.9 Å². The minimum atomic E-state index is -4.69. The summed E-state index contributed by atoms with van der Waals surface area (Å²) in [5.74, 6) is 0. The summed E-state index contributed by atoms with van der Waals surface area (Å²) in [6.45, 7) is 0.402. The number of anilines is 1. The zero-order valence-electron chi connectivity index (χ0n) is 12.7. The molecule has 12 heteroatoms. The van der Waals surface area contributed by atoms with Crippen molar-refractivity contribution in [1.29, 1.82) is 0 Å². The van der Waals surface area contributed by atoms with Gasteiger partial charge in [0.15, 0.2) is 4.47 Å². The molecule has 0 aliphatic rings. The second-order valence-electron chi connectivity index (χ2n) is 5.24. The maximum absolute atomic E-state index is 11.6. The van der Waals surface area contributed by atoms with Crippen molar-refractivity contribution in [3.05, 3.63) is 45.9 Å². The average molecular weight is 435 g/mol. The monoisotopic (exact) mass is 434 g/mol. The van der Waals surface area contributed by atoms with E-state index in [9.17, 15) is 25.9 Å². The number of aromatic nitrogens is 1. The number of thiazole rings is 1. The number of halogens is 1. The van der Waals surface area contributed by atoms with Crippen molar-refractivity contribution in [1.82, 2.24) is 4.98 Å². The van der Waals surface area contributed by atoms with Gasteiger partial charge in [0.1, 0.15) is 4.90 Å². The highest BCUT2D eigenvalue weighted by molar-refractivity contribution is 7.86. The lowest BCUT2D eigenvalue weighted by molar-refractivity contribution is 0.482. The van der Waals surface area contributed by atoms with Gasteiger partial charge in [0.2, 0.25) is 0 Å². The summed E-state index contributed by atoms with van der Waals surface area (Å²) in [6.07, 6.45) is 1.61. The van der Waals surface area contributed by atoms with Crippen LogP contribution in [0.25, 0.3) is 10.8 Å². The molecule has 0 unspecified atom stereocenters. The third kappa shape index (κ3) is 4.14. The molecular formula is C14H11ClN2O6S3. The van der Waals surface area contributed by atoms with Gasteiger partial charge in [-0.15, -0.1) is 11.3 Å². The topological polar surface area (TPSA) is 134 Å². The lowest BCUT2D eigenvalue weighted by atomic mass is 10.1. The summed E-state index contributed by atoms with van der Waals surface area (Å²) in [6, 6.07) is 6.33. The van der Waals surface area contributed by atoms with Gasteiger partial charge in [0.25, 0.3) is 20.2 Å². The third-order valence-corrected chi connectivity index (χ3v) is 6.30. The van der Waals surface area contributed by atoms with Crippen LogP contribution < -0.4 is 5.32 Å². The lowest BCUT2D eigenvalue weighted by Gasteiger charge is -2.10. The average Bonchev–Trinajstić information content (AvgIpc) is 2.95. The predicted molar refractivity (Wildman–Crippen MR) is 98.0 cm³/mol. The third-order valence-electron chi connectivity index (χ3n) is 3.46. The molecule has 2 aromatic carbocycles. The van der Waals surface area contributed by atoms with Gasteiger partial charge in [-0.05, 0) is 29.7 Å². The minimum Gasteiger partial charge on any atom is -0.380 e. The molecule has 0 amide bonds. The first-order chi connectivity index (χ1) is 12.0. The number of nitrogens with one attached hydrogen (secondary N) is 1. The van der Waals surface area contributed by atoms with Crippen LogP contribution in [0.4, 0.5) is 5.69 Å². The summed E-state index contributed by atoms with van der Waals surface area (Å²) in [7, 11) is -9.35. The highest BCUT2D eigenvalue weighted by Gasteiger charge is 2.20. The van der Waals surface area contributed by atoms with Crippen molar-refractivity contribution >= 4 is 59.6 Å². The van der Waals surface area contributed by atoms with Gasteiger partial charge in [-0.2, -0.15) is 16.8 Å². The number of rotatable bonds is 5. The summed E-state index contributed by atoms with van der Waals surface area (Å²) in [5.41, 5.74) is 0.566. The molecule has 0 spiro atoms. The van der Waals surface area contributed by atoms with E-state index >= 15 is 0 Å². The van der Waals surface area contributed by atoms with Crippen molar-refractivity contribution < 1.29 is 25.9 Å². The smallest absolute Gasteiger partial charge is 0.295 e. The van der Waals surface area contributed by atoms with E-state index in [4.69, 9.17) is 11.6 Å². The Bertz CT molecular complexity index is 1200. The standard InChI is InChI=1S/C14H11ClN2O6S3/c15-14-17-7-10(24-14)6-16-9-1-2-12-8(3-9)4-11(25(18,19)20)5-13(12)26(21,22)23/h1-5,7,16H,6H2,(H,18,19,20)(H,21,22,23). The van der Waals surface area contributed by atoms with E-state index in [1.807, 2.05) is 0 Å².